The largest absolute Gasteiger partial charge is 0.385 e. The first-order valence-corrected chi connectivity index (χ1v) is 6.41. The summed E-state index contributed by atoms with van der Waals surface area (Å²) in [4.78, 5) is 2.87. The fourth-order valence-corrected chi connectivity index (χ4v) is 2.19. The van der Waals surface area contributed by atoms with Crippen molar-refractivity contribution in [3.8, 4) is 0 Å². The van der Waals surface area contributed by atoms with Crippen molar-refractivity contribution in [2.75, 3.05) is 24.2 Å². The molecule has 17 heavy (non-hydrogen) atoms. The van der Waals surface area contributed by atoms with Gasteiger partial charge in [-0.1, -0.05) is 0 Å². The summed E-state index contributed by atoms with van der Waals surface area (Å²) < 4.78 is 55.1. The molecule has 0 radical (unpaired) electrons. The van der Waals surface area contributed by atoms with E-state index >= 15 is 0 Å². The van der Waals surface area contributed by atoms with E-state index in [4.69, 9.17) is 4.74 Å². The van der Waals surface area contributed by atoms with Crippen LogP contribution in [0, 0.1) is 11.9 Å². The van der Waals surface area contributed by atoms with E-state index in [-0.39, 0.29) is 24.5 Å². The Kier molecular flexibility index (Phi) is 4.76. The van der Waals surface area contributed by atoms with Crippen LogP contribution in [0.2, 0.25) is 0 Å². The smallest absolute Gasteiger partial charge is 0.239 e. The van der Waals surface area contributed by atoms with Crippen molar-refractivity contribution in [2.45, 2.75) is 6.42 Å². The lowest BCUT2D eigenvalue weighted by Gasteiger charge is -2.07. The molecule has 0 bridgehead atoms. The second-order valence-corrected chi connectivity index (χ2v) is 5.08. The van der Waals surface area contributed by atoms with Gasteiger partial charge in [0.05, 0.1) is 5.75 Å². The van der Waals surface area contributed by atoms with Gasteiger partial charge in [0.15, 0.2) is 0 Å². The van der Waals surface area contributed by atoms with Gasteiger partial charge < -0.3 is 4.74 Å². The van der Waals surface area contributed by atoms with Gasteiger partial charge in [0.1, 0.15) is 5.69 Å². The number of hydrogen-bond acceptors (Lipinski definition) is 4. The van der Waals surface area contributed by atoms with Gasteiger partial charge in [-0.3, -0.25) is 4.72 Å². The third-order valence-corrected chi connectivity index (χ3v) is 3.20. The van der Waals surface area contributed by atoms with Crippen LogP contribution in [-0.2, 0) is 14.8 Å². The maximum atomic E-state index is 13.1. The van der Waals surface area contributed by atoms with Crippen LogP contribution in [0.3, 0.4) is 0 Å². The van der Waals surface area contributed by atoms with Gasteiger partial charge in [0.2, 0.25) is 21.9 Å². The summed E-state index contributed by atoms with van der Waals surface area (Å²) in [5.41, 5.74) is -0.371. The van der Waals surface area contributed by atoms with E-state index in [1.165, 1.54) is 7.11 Å². The van der Waals surface area contributed by atoms with Crippen LogP contribution in [0.5, 0.6) is 0 Å². The zero-order valence-electron chi connectivity index (χ0n) is 9.11. The van der Waals surface area contributed by atoms with E-state index in [2.05, 4.69) is 4.98 Å². The van der Waals surface area contributed by atoms with E-state index < -0.39 is 21.9 Å². The number of pyridine rings is 1. The van der Waals surface area contributed by atoms with E-state index in [1.54, 1.807) is 0 Å². The number of sulfonamides is 1. The highest BCUT2D eigenvalue weighted by Gasteiger charge is 2.14. The molecule has 0 aliphatic rings. The van der Waals surface area contributed by atoms with Gasteiger partial charge in [0.25, 0.3) is 0 Å². The van der Waals surface area contributed by atoms with Crippen LogP contribution in [0.25, 0.3) is 0 Å². The molecule has 0 aromatic carbocycles. The lowest BCUT2D eigenvalue weighted by atomic mass is 10.4. The van der Waals surface area contributed by atoms with E-state index in [1.807, 2.05) is 4.72 Å². The fourth-order valence-electron chi connectivity index (χ4n) is 1.10. The SMILES string of the molecule is COCCCS(=O)(=O)Nc1ccc(F)nc1F. The second kappa shape index (κ2) is 5.87. The minimum Gasteiger partial charge on any atom is -0.385 e. The van der Waals surface area contributed by atoms with Crippen LogP contribution in [-0.4, -0.2) is 32.9 Å². The van der Waals surface area contributed by atoms with Gasteiger partial charge in [-0.25, -0.2) is 8.42 Å². The predicted octanol–water partition coefficient (Wildman–Crippen LogP) is 1.14. The zero-order chi connectivity index (χ0) is 12.9. The van der Waals surface area contributed by atoms with Gasteiger partial charge in [0, 0.05) is 13.7 Å². The molecule has 1 N–H and O–H groups in total. The molecule has 1 heterocycles. The summed E-state index contributed by atoms with van der Waals surface area (Å²) in [5, 5.41) is 0. The average molecular weight is 266 g/mol. The number of halogens is 2. The molecule has 0 aliphatic carbocycles. The Morgan fingerprint density at radius 2 is 2.12 bits per heavy atom. The Morgan fingerprint density at radius 1 is 1.41 bits per heavy atom. The van der Waals surface area contributed by atoms with Crippen molar-refractivity contribution in [3.05, 3.63) is 24.0 Å². The molecule has 1 rings (SSSR count). The zero-order valence-corrected chi connectivity index (χ0v) is 9.93. The highest BCUT2D eigenvalue weighted by Crippen LogP contribution is 2.13. The first-order chi connectivity index (χ1) is 7.94. The van der Waals surface area contributed by atoms with Crippen LogP contribution in [0.4, 0.5) is 14.5 Å². The predicted molar refractivity (Wildman–Crippen MR) is 58.1 cm³/mol. The topological polar surface area (TPSA) is 68.3 Å². The maximum Gasteiger partial charge on any atom is 0.239 e. The van der Waals surface area contributed by atoms with Gasteiger partial charge >= 0.3 is 0 Å². The summed E-state index contributed by atoms with van der Waals surface area (Å²) in [6, 6.07) is 1.85. The van der Waals surface area contributed by atoms with Crippen molar-refractivity contribution in [1.29, 1.82) is 0 Å². The third-order valence-electron chi connectivity index (χ3n) is 1.84. The van der Waals surface area contributed by atoms with E-state index in [9.17, 15) is 17.2 Å². The highest BCUT2D eigenvalue weighted by atomic mass is 32.2. The molecule has 1 aromatic rings. The van der Waals surface area contributed by atoms with Gasteiger partial charge in [-0.05, 0) is 18.6 Å². The lowest BCUT2D eigenvalue weighted by molar-refractivity contribution is 0.199. The average Bonchev–Trinajstić information content (AvgIpc) is 2.22. The molecule has 0 fully saturated rings. The second-order valence-electron chi connectivity index (χ2n) is 3.24. The first-order valence-electron chi connectivity index (χ1n) is 4.76. The quantitative estimate of drug-likeness (QED) is 0.619. The maximum absolute atomic E-state index is 13.1. The van der Waals surface area contributed by atoms with Gasteiger partial charge in [-0.15, -0.1) is 0 Å². The monoisotopic (exact) mass is 266 g/mol. The highest BCUT2D eigenvalue weighted by molar-refractivity contribution is 7.92. The van der Waals surface area contributed by atoms with Crippen molar-refractivity contribution >= 4 is 15.7 Å². The summed E-state index contributed by atoms with van der Waals surface area (Å²) in [7, 11) is -2.23. The summed E-state index contributed by atoms with van der Waals surface area (Å²) >= 11 is 0. The third kappa shape index (κ3) is 4.61. The Balaban J connectivity index is 2.69. The Bertz CT molecular complexity index is 479. The number of methoxy groups -OCH3 is 1. The minimum absolute atomic E-state index is 0.211. The van der Waals surface area contributed by atoms with Gasteiger partial charge in [-0.2, -0.15) is 13.8 Å². The number of hydrogen-bond donors (Lipinski definition) is 1. The molecule has 0 aliphatic heterocycles. The summed E-state index contributed by atoms with van der Waals surface area (Å²) in [5.74, 6) is -2.41. The van der Waals surface area contributed by atoms with E-state index in [0.29, 0.717) is 0 Å². The molecular weight excluding hydrogens is 254 g/mol. The molecule has 0 saturated carbocycles. The van der Waals surface area contributed by atoms with Crippen LogP contribution < -0.4 is 4.72 Å². The van der Waals surface area contributed by atoms with Crippen LogP contribution in [0.1, 0.15) is 6.42 Å². The van der Waals surface area contributed by atoms with Crippen LogP contribution >= 0.6 is 0 Å². The standard InChI is InChI=1S/C9H12F2N2O3S/c1-16-5-2-6-17(14,15)13-7-3-4-8(10)12-9(7)11/h3-4,13H,2,5-6H2,1H3. The molecular formula is C9H12F2N2O3S. The van der Waals surface area contributed by atoms with Crippen molar-refractivity contribution in [2.24, 2.45) is 0 Å². The lowest BCUT2D eigenvalue weighted by Crippen LogP contribution is -2.19. The molecule has 0 atom stereocenters. The molecule has 0 saturated heterocycles. The number of rotatable bonds is 6. The number of nitrogens with zero attached hydrogens (tertiary/aromatic N) is 1. The van der Waals surface area contributed by atoms with Crippen molar-refractivity contribution in [1.82, 2.24) is 4.98 Å². The molecule has 0 amide bonds. The fraction of sp³-hybridized carbons (Fsp3) is 0.444. The van der Waals surface area contributed by atoms with Crippen LogP contribution in [0.15, 0.2) is 12.1 Å². The molecule has 0 spiro atoms. The molecule has 8 heteroatoms. The first kappa shape index (κ1) is 13.8. The number of ether oxygens (including phenoxy) is 1. The number of anilines is 1. The molecule has 5 nitrogen and oxygen atoms in total. The molecule has 96 valence electrons. The Labute approximate surface area is 97.9 Å². The number of nitrogens with one attached hydrogen (secondary N) is 1. The summed E-state index contributed by atoms with van der Waals surface area (Å²) in [6.45, 7) is 0.283. The molecule has 0 unspecified atom stereocenters. The van der Waals surface area contributed by atoms with E-state index in [0.717, 1.165) is 12.1 Å². The Hall–Kier alpha value is -1.28. The minimum atomic E-state index is -3.67. The Morgan fingerprint density at radius 3 is 2.71 bits per heavy atom. The normalized spacial score (nSPS) is 11.5. The summed E-state index contributed by atoms with van der Waals surface area (Å²) in [6.07, 6.45) is 0.280. The molecule has 1 aromatic heterocycles. The number of aromatic nitrogens is 1. The van der Waals surface area contributed by atoms with Crippen molar-refractivity contribution in [3.63, 3.8) is 0 Å². The van der Waals surface area contributed by atoms with Crippen molar-refractivity contribution < 1.29 is 21.9 Å².